The molecule has 124 valence electrons. The average Bonchev–Trinajstić information content (AvgIpc) is 2.64. The van der Waals surface area contributed by atoms with Gasteiger partial charge in [-0.05, 0) is 66.9 Å². The smallest absolute Gasteiger partial charge is 0.125 e. The van der Waals surface area contributed by atoms with Gasteiger partial charge in [0.2, 0.25) is 0 Å². The van der Waals surface area contributed by atoms with Crippen LogP contribution in [0.4, 0.5) is 5.69 Å². The first kappa shape index (κ1) is 17.1. The fourth-order valence-electron chi connectivity index (χ4n) is 3.20. The van der Waals surface area contributed by atoms with Crippen LogP contribution in [0.25, 0.3) is 0 Å². The summed E-state index contributed by atoms with van der Waals surface area (Å²) in [5.41, 5.74) is 2.43. The Hall–Kier alpha value is -1.26. The van der Waals surface area contributed by atoms with Crippen molar-refractivity contribution in [1.29, 1.82) is 0 Å². The Morgan fingerprint density at radius 2 is 1.95 bits per heavy atom. The van der Waals surface area contributed by atoms with Crippen molar-refractivity contribution < 1.29 is 4.74 Å². The van der Waals surface area contributed by atoms with E-state index in [0.717, 1.165) is 18.0 Å². The monoisotopic (exact) mass is 305 g/mol. The lowest BCUT2D eigenvalue weighted by Crippen LogP contribution is -2.29. The minimum atomic E-state index is 0.0468. The summed E-state index contributed by atoms with van der Waals surface area (Å²) in [7, 11) is 4.38. The van der Waals surface area contributed by atoms with Gasteiger partial charge in [0.1, 0.15) is 5.75 Å². The van der Waals surface area contributed by atoms with Gasteiger partial charge in [-0.3, -0.25) is 9.80 Å². The Labute approximate surface area is 135 Å². The molecule has 0 saturated carbocycles. The number of rotatable bonds is 4. The van der Waals surface area contributed by atoms with Gasteiger partial charge in [0, 0.05) is 29.4 Å². The van der Waals surface area contributed by atoms with Crippen molar-refractivity contribution in [2.24, 2.45) is 0 Å². The van der Waals surface area contributed by atoms with Crippen molar-refractivity contribution in [3.63, 3.8) is 0 Å². The molecule has 2 rings (SSSR count). The molecule has 1 aliphatic heterocycles. The van der Waals surface area contributed by atoms with Gasteiger partial charge in [0.15, 0.2) is 0 Å². The molecule has 1 N–H and O–H groups in total. The molecular weight excluding hydrogens is 274 g/mol. The highest BCUT2D eigenvalue weighted by atomic mass is 16.5. The van der Waals surface area contributed by atoms with Gasteiger partial charge in [0.05, 0.1) is 12.8 Å². The zero-order chi connectivity index (χ0) is 16.5. The molecular formula is C18H31N3O. The number of anilines is 1. The van der Waals surface area contributed by atoms with Gasteiger partial charge in [-0.1, -0.05) is 0 Å². The summed E-state index contributed by atoms with van der Waals surface area (Å²) in [6, 6.07) is 6.99. The standard InChI is InChI=1S/C18H31N3O/c1-8-22-16-10-9-14(19-18(3,4)5)11-15(16)17-20(6)12-13(2)21(17)7/h9-11,13,17,19H,8,12H2,1-7H3. The molecule has 0 bridgehead atoms. The van der Waals surface area contributed by atoms with Crippen LogP contribution in [0.1, 0.15) is 46.3 Å². The predicted molar refractivity (Wildman–Crippen MR) is 93.6 cm³/mol. The number of hydrogen-bond donors (Lipinski definition) is 1. The molecule has 0 spiro atoms. The van der Waals surface area contributed by atoms with E-state index in [0.29, 0.717) is 12.6 Å². The fourth-order valence-corrected chi connectivity index (χ4v) is 3.20. The zero-order valence-electron chi connectivity index (χ0n) is 15.1. The van der Waals surface area contributed by atoms with Crippen LogP contribution in [-0.2, 0) is 0 Å². The molecule has 22 heavy (non-hydrogen) atoms. The fraction of sp³-hybridized carbons (Fsp3) is 0.667. The molecule has 2 atom stereocenters. The highest BCUT2D eigenvalue weighted by Crippen LogP contribution is 2.37. The zero-order valence-corrected chi connectivity index (χ0v) is 15.1. The number of nitrogens with one attached hydrogen (secondary N) is 1. The minimum Gasteiger partial charge on any atom is -0.493 e. The van der Waals surface area contributed by atoms with Crippen LogP contribution < -0.4 is 10.1 Å². The summed E-state index contributed by atoms with van der Waals surface area (Å²) in [6.07, 6.45) is 0.262. The van der Waals surface area contributed by atoms with E-state index in [9.17, 15) is 0 Å². The van der Waals surface area contributed by atoms with Crippen LogP contribution in [-0.4, -0.2) is 48.6 Å². The first-order valence-electron chi connectivity index (χ1n) is 8.20. The number of likely N-dealkylation sites (N-methyl/N-ethyl adjacent to an activating group) is 2. The maximum absolute atomic E-state index is 5.89. The molecule has 0 radical (unpaired) electrons. The SMILES string of the molecule is CCOc1ccc(NC(C)(C)C)cc1C1N(C)CC(C)N1C. The molecule has 0 aromatic heterocycles. The van der Waals surface area contributed by atoms with Gasteiger partial charge in [0.25, 0.3) is 0 Å². The topological polar surface area (TPSA) is 27.7 Å². The second kappa shape index (κ2) is 6.47. The Morgan fingerprint density at radius 3 is 2.45 bits per heavy atom. The maximum atomic E-state index is 5.89. The van der Waals surface area contributed by atoms with Crippen molar-refractivity contribution >= 4 is 5.69 Å². The maximum Gasteiger partial charge on any atom is 0.125 e. The van der Waals surface area contributed by atoms with E-state index < -0.39 is 0 Å². The molecule has 4 heteroatoms. The largest absolute Gasteiger partial charge is 0.493 e. The highest BCUT2D eigenvalue weighted by Gasteiger charge is 2.35. The van der Waals surface area contributed by atoms with E-state index in [-0.39, 0.29) is 11.7 Å². The van der Waals surface area contributed by atoms with E-state index in [1.807, 2.05) is 6.92 Å². The first-order valence-corrected chi connectivity index (χ1v) is 8.20. The molecule has 2 unspecified atom stereocenters. The van der Waals surface area contributed by atoms with E-state index in [4.69, 9.17) is 4.74 Å². The van der Waals surface area contributed by atoms with Crippen LogP contribution in [0.15, 0.2) is 18.2 Å². The van der Waals surface area contributed by atoms with Gasteiger partial charge in [-0.2, -0.15) is 0 Å². The highest BCUT2D eigenvalue weighted by molar-refractivity contribution is 5.53. The molecule has 1 fully saturated rings. The Bertz CT molecular complexity index is 510. The molecule has 1 aliphatic rings. The lowest BCUT2D eigenvalue weighted by molar-refractivity contribution is 0.169. The van der Waals surface area contributed by atoms with Crippen LogP contribution in [0.3, 0.4) is 0 Å². The van der Waals surface area contributed by atoms with Crippen molar-refractivity contribution in [3.8, 4) is 5.75 Å². The number of benzene rings is 1. The third-order valence-electron chi connectivity index (χ3n) is 4.16. The molecule has 1 aromatic carbocycles. The summed E-state index contributed by atoms with van der Waals surface area (Å²) in [4.78, 5) is 4.81. The molecule has 1 saturated heterocycles. The lowest BCUT2D eigenvalue weighted by Gasteiger charge is -2.30. The van der Waals surface area contributed by atoms with Gasteiger partial charge in [-0.15, -0.1) is 0 Å². The summed E-state index contributed by atoms with van der Waals surface area (Å²) in [5, 5.41) is 3.56. The third-order valence-corrected chi connectivity index (χ3v) is 4.16. The second-order valence-corrected chi connectivity index (χ2v) is 7.39. The Kier molecular flexibility index (Phi) is 5.03. The summed E-state index contributed by atoms with van der Waals surface area (Å²) in [6.45, 7) is 12.6. The van der Waals surface area contributed by atoms with E-state index in [1.54, 1.807) is 0 Å². The summed E-state index contributed by atoms with van der Waals surface area (Å²) >= 11 is 0. The van der Waals surface area contributed by atoms with Gasteiger partial charge >= 0.3 is 0 Å². The lowest BCUT2D eigenvalue weighted by atomic mass is 10.1. The van der Waals surface area contributed by atoms with Crippen LogP contribution >= 0.6 is 0 Å². The number of ether oxygens (including phenoxy) is 1. The van der Waals surface area contributed by atoms with Crippen molar-refractivity contribution in [3.05, 3.63) is 23.8 Å². The van der Waals surface area contributed by atoms with Crippen molar-refractivity contribution in [1.82, 2.24) is 9.80 Å². The summed E-state index contributed by atoms with van der Waals surface area (Å²) < 4.78 is 5.89. The quantitative estimate of drug-likeness (QED) is 0.920. The Morgan fingerprint density at radius 1 is 1.27 bits per heavy atom. The number of nitrogens with zero attached hydrogens (tertiary/aromatic N) is 2. The summed E-state index contributed by atoms with van der Waals surface area (Å²) in [5.74, 6) is 0.986. The van der Waals surface area contributed by atoms with E-state index >= 15 is 0 Å². The molecule has 4 nitrogen and oxygen atoms in total. The van der Waals surface area contributed by atoms with Crippen LogP contribution in [0, 0.1) is 0 Å². The van der Waals surface area contributed by atoms with Gasteiger partial charge in [-0.25, -0.2) is 0 Å². The van der Waals surface area contributed by atoms with Crippen molar-refractivity contribution in [2.45, 2.75) is 52.4 Å². The average molecular weight is 305 g/mol. The van der Waals surface area contributed by atoms with Gasteiger partial charge < -0.3 is 10.1 Å². The molecule has 1 aromatic rings. The molecule has 1 heterocycles. The Balaban J connectivity index is 2.39. The first-order chi connectivity index (χ1) is 10.2. The normalized spacial score (nSPS) is 23.8. The predicted octanol–water partition coefficient (Wildman–Crippen LogP) is 3.56. The van der Waals surface area contributed by atoms with E-state index in [1.165, 1.54) is 5.56 Å². The van der Waals surface area contributed by atoms with E-state index in [2.05, 4.69) is 75.1 Å². The minimum absolute atomic E-state index is 0.0468. The molecule has 0 aliphatic carbocycles. The third kappa shape index (κ3) is 3.73. The molecule has 0 amide bonds. The second-order valence-electron chi connectivity index (χ2n) is 7.39. The van der Waals surface area contributed by atoms with Crippen LogP contribution in [0.5, 0.6) is 5.75 Å². The van der Waals surface area contributed by atoms with Crippen LogP contribution in [0.2, 0.25) is 0 Å². The number of hydrogen-bond acceptors (Lipinski definition) is 4. The van der Waals surface area contributed by atoms with Crippen molar-refractivity contribution in [2.75, 3.05) is 32.6 Å².